The zero-order chi connectivity index (χ0) is 12.0. The average molecular weight is 244 g/mol. The van der Waals surface area contributed by atoms with Crippen molar-refractivity contribution in [2.45, 2.75) is 20.3 Å². The number of methoxy groups -OCH3 is 1. The monoisotopic (exact) mass is 243 g/mol. The number of aryl methyl sites for hydroxylation is 1. The molecule has 0 saturated carbocycles. The lowest BCUT2D eigenvalue weighted by atomic mass is 10.1. The molecule has 0 bridgehead atoms. The van der Waals surface area contributed by atoms with E-state index in [0.717, 1.165) is 18.7 Å². The van der Waals surface area contributed by atoms with Crippen LogP contribution in [0.1, 0.15) is 19.0 Å². The van der Waals surface area contributed by atoms with Crippen molar-refractivity contribution in [3.63, 3.8) is 0 Å². The van der Waals surface area contributed by atoms with E-state index in [1.54, 1.807) is 13.2 Å². The summed E-state index contributed by atoms with van der Waals surface area (Å²) in [5.41, 5.74) is 0.888. The molecule has 1 rings (SSSR count). The lowest BCUT2D eigenvalue weighted by molar-refractivity contribution is 0.397. The van der Waals surface area contributed by atoms with Crippen LogP contribution < -0.4 is 10.1 Å². The van der Waals surface area contributed by atoms with E-state index in [1.165, 1.54) is 0 Å². The molecule has 0 fully saturated rings. The van der Waals surface area contributed by atoms with E-state index in [4.69, 9.17) is 16.3 Å². The Labute approximate surface area is 101 Å². The van der Waals surface area contributed by atoms with Crippen molar-refractivity contribution in [1.82, 2.24) is 9.97 Å². The number of alkyl halides is 1. The molecule has 90 valence electrons. The van der Waals surface area contributed by atoms with E-state index >= 15 is 0 Å². The second-order valence-electron chi connectivity index (χ2n) is 3.84. The van der Waals surface area contributed by atoms with Gasteiger partial charge in [0.25, 0.3) is 0 Å². The third-order valence-corrected chi connectivity index (χ3v) is 2.47. The van der Waals surface area contributed by atoms with Crippen molar-refractivity contribution in [3.05, 3.63) is 11.8 Å². The largest absolute Gasteiger partial charge is 0.481 e. The summed E-state index contributed by atoms with van der Waals surface area (Å²) >= 11 is 5.67. The first kappa shape index (κ1) is 13.0. The van der Waals surface area contributed by atoms with Crippen LogP contribution in [-0.4, -0.2) is 29.5 Å². The molecule has 1 atom stereocenters. The molecule has 0 amide bonds. The second-order valence-corrected chi connectivity index (χ2v) is 4.22. The minimum atomic E-state index is 0.507. The van der Waals surface area contributed by atoms with Crippen LogP contribution >= 0.6 is 11.6 Å². The van der Waals surface area contributed by atoms with Gasteiger partial charge in [0.1, 0.15) is 0 Å². The number of aromatic nitrogens is 2. The maximum atomic E-state index is 5.67. The normalized spacial score (nSPS) is 12.2. The Hall–Kier alpha value is -1.03. The van der Waals surface area contributed by atoms with E-state index in [0.29, 0.717) is 23.6 Å². The van der Waals surface area contributed by atoms with Gasteiger partial charge in [-0.3, -0.25) is 0 Å². The van der Waals surface area contributed by atoms with Crippen molar-refractivity contribution in [2.75, 3.05) is 24.9 Å². The highest BCUT2D eigenvalue weighted by Gasteiger charge is 2.04. The van der Waals surface area contributed by atoms with E-state index in [9.17, 15) is 0 Å². The Kier molecular flexibility index (Phi) is 5.32. The molecule has 0 aliphatic rings. The summed E-state index contributed by atoms with van der Waals surface area (Å²) in [6, 6.07) is 1.80. The first-order valence-electron chi connectivity index (χ1n) is 5.35. The molecule has 0 aromatic carbocycles. The van der Waals surface area contributed by atoms with Gasteiger partial charge in [-0.15, -0.1) is 11.6 Å². The maximum Gasteiger partial charge on any atom is 0.226 e. The zero-order valence-corrected chi connectivity index (χ0v) is 10.7. The number of rotatable bonds is 6. The van der Waals surface area contributed by atoms with Gasteiger partial charge in [0, 0.05) is 24.2 Å². The van der Waals surface area contributed by atoms with Crippen LogP contribution in [0.5, 0.6) is 5.88 Å². The Balaban J connectivity index is 2.56. The van der Waals surface area contributed by atoms with Crippen molar-refractivity contribution in [3.8, 4) is 5.88 Å². The van der Waals surface area contributed by atoms with Crippen LogP contribution in [0.15, 0.2) is 6.07 Å². The summed E-state index contributed by atoms with van der Waals surface area (Å²) in [7, 11) is 1.60. The molecule has 5 heteroatoms. The molecule has 1 unspecified atom stereocenters. The number of ether oxygens (including phenoxy) is 1. The minimum absolute atomic E-state index is 0.507. The molecule has 1 aromatic heterocycles. The van der Waals surface area contributed by atoms with Crippen LogP contribution in [0.2, 0.25) is 0 Å². The van der Waals surface area contributed by atoms with Crippen LogP contribution in [0.3, 0.4) is 0 Å². The molecule has 1 N–H and O–H groups in total. The van der Waals surface area contributed by atoms with Gasteiger partial charge in [-0.25, -0.2) is 4.98 Å². The molecule has 16 heavy (non-hydrogen) atoms. The highest BCUT2D eigenvalue weighted by Crippen LogP contribution is 2.12. The fourth-order valence-corrected chi connectivity index (χ4v) is 1.65. The Morgan fingerprint density at radius 3 is 2.88 bits per heavy atom. The molecule has 0 saturated heterocycles. The second kappa shape index (κ2) is 6.53. The van der Waals surface area contributed by atoms with Gasteiger partial charge in [-0.05, 0) is 19.3 Å². The van der Waals surface area contributed by atoms with Gasteiger partial charge in [0.05, 0.1) is 7.11 Å². The molecule has 0 radical (unpaired) electrons. The van der Waals surface area contributed by atoms with Crippen molar-refractivity contribution >= 4 is 17.5 Å². The molecular formula is C11H18ClN3O. The predicted octanol–water partition coefficient (Wildman–Crippen LogP) is 2.47. The van der Waals surface area contributed by atoms with E-state index in [2.05, 4.69) is 22.2 Å². The van der Waals surface area contributed by atoms with Crippen LogP contribution in [0.25, 0.3) is 0 Å². The molecular weight excluding hydrogens is 226 g/mol. The summed E-state index contributed by atoms with van der Waals surface area (Å²) < 4.78 is 5.08. The van der Waals surface area contributed by atoms with Gasteiger partial charge in [0.2, 0.25) is 11.8 Å². The molecule has 0 aliphatic heterocycles. The average Bonchev–Trinajstić information content (AvgIpc) is 2.26. The van der Waals surface area contributed by atoms with Gasteiger partial charge in [-0.2, -0.15) is 4.98 Å². The van der Waals surface area contributed by atoms with E-state index < -0.39 is 0 Å². The lowest BCUT2D eigenvalue weighted by Gasteiger charge is -2.11. The van der Waals surface area contributed by atoms with Crippen LogP contribution in [-0.2, 0) is 0 Å². The van der Waals surface area contributed by atoms with Crippen molar-refractivity contribution < 1.29 is 4.74 Å². The topological polar surface area (TPSA) is 47.0 Å². The summed E-state index contributed by atoms with van der Waals surface area (Å²) in [5, 5.41) is 3.18. The molecule has 0 aliphatic carbocycles. The number of anilines is 1. The fourth-order valence-electron chi connectivity index (χ4n) is 1.28. The third-order valence-electron chi connectivity index (χ3n) is 2.25. The van der Waals surface area contributed by atoms with E-state index in [-0.39, 0.29) is 0 Å². The SMILES string of the molecule is COc1cc(C)nc(NCC(C)CCCl)n1. The maximum absolute atomic E-state index is 5.67. The number of hydrogen-bond acceptors (Lipinski definition) is 4. The Bertz CT molecular complexity index is 333. The van der Waals surface area contributed by atoms with Crippen LogP contribution in [0, 0.1) is 12.8 Å². The smallest absolute Gasteiger partial charge is 0.226 e. The molecule has 1 heterocycles. The summed E-state index contributed by atoms with van der Waals surface area (Å²) in [5.74, 6) is 2.38. The van der Waals surface area contributed by atoms with Crippen molar-refractivity contribution in [1.29, 1.82) is 0 Å². The Morgan fingerprint density at radius 1 is 1.50 bits per heavy atom. The van der Waals surface area contributed by atoms with Gasteiger partial charge >= 0.3 is 0 Å². The lowest BCUT2D eigenvalue weighted by Crippen LogP contribution is -2.14. The van der Waals surface area contributed by atoms with Crippen molar-refractivity contribution in [2.24, 2.45) is 5.92 Å². The predicted molar refractivity (Wildman–Crippen MR) is 66.3 cm³/mol. The fraction of sp³-hybridized carbons (Fsp3) is 0.636. The standard InChI is InChI=1S/C11H18ClN3O/c1-8(4-5-12)7-13-11-14-9(2)6-10(15-11)16-3/h6,8H,4-5,7H2,1-3H3,(H,13,14,15). The number of halogens is 1. The summed E-state index contributed by atoms with van der Waals surface area (Å²) in [6.45, 7) is 4.87. The van der Waals surface area contributed by atoms with Gasteiger partial charge < -0.3 is 10.1 Å². The quantitative estimate of drug-likeness (QED) is 0.780. The highest BCUT2D eigenvalue weighted by molar-refractivity contribution is 6.17. The first-order chi connectivity index (χ1) is 7.65. The number of nitrogens with one attached hydrogen (secondary N) is 1. The highest BCUT2D eigenvalue weighted by atomic mass is 35.5. The van der Waals surface area contributed by atoms with Gasteiger partial charge in [-0.1, -0.05) is 6.92 Å². The third kappa shape index (κ3) is 4.23. The summed E-state index contributed by atoms with van der Waals surface area (Å²) in [6.07, 6.45) is 0.984. The van der Waals surface area contributed by atoms with Crippen LogP contribution in [0.4, 0.5) is 5.95 Å². The first-order valence-corrected chi connectivity index (χ1v) is 5.88. The zero-order valence-electron chi connectivity index (χ0n) is 9.96. The van der Waals surface area contributed by atoms with Gasteiger partial charge in [0.15, 0.2) is 0 Å². The summed E-state index contributed by atoms with van der Waals surface area (Å²) in [4.78, 5) is 8.49. The number of hydrogen-bond donors (Lipinski definition) is 1. The number of nitrogens with zero attached hydrogens (tertiary/aromatic N) is 2. The minimum Gasteiger partial charge on any atom is -0.481 e. The Morgan fingerprint density at radius 2 is 2.25 bits per heavy atom. The molecule has 1 aromatic rings. The van der Waals surface area contributed by atoms with E-state index in [1.807, 2.05) is 6.92 Å². The molecule has 4 nitrogen and oxygen atoms in total. The molecule has 0 spiro atoms.